The molecular weight excluding hydrogens is 238 g/mol. The zero-order valence-corrected chi connectivity index (χ0v) is 10.6. The molecule has 0 aliphatic carbocycles. The lowest BCUT2D eigenvalue weighted by molar-refractivity contribution is 0.310. The lowest BCUT2D eigenvalue weighted by Crippen LogP contribution is -2.57. The van der Waals surface area contributed by atoms with Crippen molar-refractivity contribution in [2.24, 2.45) is 0 Å². The van der Waals surface area contributed by atoms with Crippen LogP contribution in [-0.2, 0) is 19.9 Å². The van der Waals surface area contributed by atoms with Gasteiger partial charge in [0.15, 0.2) is 9.84 Å². The molecule has 0 atom stereocenters. The topological polar surface area (TPSA) is 71.5 Å². The molecule has 0 N–H and O–H groups in total. The molecule has 1 aliphatic rings. The van der Waals surface area contributed by atoms with E-state index in [2.05, 4.69) is 0 Å². The molecule has 1 aliphatic heterocycles. The Morgan fingerprint density at radius 2 is 1.73 bits per heavy atom. The monoisotopic (exact) mass is 255 g/mol. The molecule has 5 nitrogen and oxygen atoms in total. The van der Waals surface area contributed by atoms with Crippen molar-refractivity contribution in [2.75, 3.05) is 25.1 Å². The van der Waals surface area contributed by atoms with Gasteiger partial charge in [-0.2, -0.15) is 4.31 Å². The van der Waals surface area contributed by atoms with Crippen LogP contribution in [0.15, 0.2) is 0 Å². The number of unbranched alkanes of at least 4 members (excludes halogenated alkanes) is 1. The first-order chi connectivity index (χ1) is 6.77. The molecule has 1 rings (SSSR count). The molecule has 1 saturated heterocycles. The molecule has 0 saturated carbocycles. The Morgan fingerprint density at radius 3 is 2.13 bits per heavy atom. The summed E-state index contributed by atoms with van der Waals surface area (Å²) in [5.74, 6) is 0.125. The van der Waals surface area contributed by atoms with Crippen LogP contribution in [0.1, 0.15) is 19.8 Å². The Balaban J connectivity index is 2.52. The van der Waals surface area contributed by atoms with Gasteiger partial charge in [0, 0.05) is 19.3 Å². The first-order valence-electron chi connectivity index (χ1n) is 4.94. The lowest BCUT2D eigenvalue weighted by Gasteiger charge is -2.36. The molecule has 0 unspecified atom stereocenters. The molecule has 1 fully saturated rings. The molecule has 0 amide bonds. The van der Waals surface area contributed by atoms with Gasteiger partial charge in [-0.15, -0.1) is 0 Å². The van der Waals surface area contributed by atoms with Gasteiger partial charge in [-0.3, -0.25) is 0 Å². The second-order valence-electron chi connectivity index (χ2n) is 3.94. The predicted molar refractivity (Wildman–Crippen MR) is 58.9 cm³/mol. The average Bonchev–Trinajstić information content (AvgIpc) is 1.94. The molecule has 0 aromatic carbocycles. The minimum absolute atomic E-state index is 0.125. The van der Waals surface area contributed by atoms with Crippen LogP contribution in [0, 0.1) is 0 Å². The zero-order chi connectivity index (χ0) is 11.7. The van der Waals surface area contributed by atoms with Crippen LogP contribution in [0.4, 0.5) is 0 Å². The van der Waals surface area contributed by atoms with E-state index in [9.17, 15) is 16.8 Å². The first kappa shape index (κ1) is 12.9. The van der Waals surface area contributed by atoms with E-state index < -0.39 is 25.1 Å². The summed E-state index contributed by atoms with van der Waals surface area (Å²) in [6.45, 7) is 2.18. The standard InChI is InChI=1S/C8H17NO4S2/c1-3-4-5-15(12,13)9-6-8(7-9)14(2,10)11/h8H,3-7H2,1-2H3. The van der Waals surface area contributed by atoms with Crippen molar-refractivity contribution in [2.45, 2.75) is 25.0 Å². The largest absolute Gasteiger partial charge is 0.229 e. The number of sulfonamides is 1. The molecule has 0 radical (unpaired) electrons. The molecule has 15 heavy (non-hydrogen) atoms. The second kappa shape index (κ2) is 4.39. The van der Waals surface area contributed by atoms with Gasteiger partial charge in [-0.05, 0) is 6.42 Å². The van der Waals surface area contributed by atoms with E-state index in [1.54, 1.807) is 0 Å². The van der Waals surface area contributed by atoms with Gasteiger partial charge >= 0.3 is 0 Å². The average molecular weight is 255 g/mol. The van der Waals surface area contributed by atoms with Gasteiger partial charge < -0.3 is 0 Å². The van der Waals surface area contributed by atoms with Crippen molar-refractivity contribution >= 4 is 19.9 Å². The molecule has 90 valence electrons. The Hall–Kier alpha value is -0.140. The van der Waals surface area contributed by atoms with Gasteiger partial charge in [0.2, 0.25) is 10.0 Å². The van der Waals surface area contributed by atoms with Crippen molar-refractivity contribution in [3.8, 4) is 0 Å². The second-order valence-corrected chi connectivity index (χ2v) is 8.35. The highest BCUT2D eigenvalue weighted by Crippen LogP contribution is 2.20. The fourth-order valence-electron chi connectivity index (χ4n) is 1.35. The Morgan fingerprint density at radius 1 is 1.20 bits per heavy atom. The molecule has 1 heterocycles. The Labute approximate surface area is 91.4 Å². The third kappa shape index (κ3) is 3.15. The van der Waals surface area contributed by atoms with E-state index in [1.165, 1.54) is 4.31 Å². The van der Waals surface area contributed by atoms with Crippen LogP contribution in [-0.4, -0.2) is 51.5 Å². The fraction of sp³-hybridized carbons (Fsp3) is 1.00. The van der Waals surface area contributed by atoms with E-state index in [0.717, 1.165) is 12.7 Å². The smallest absolute Gasteiger partial charge is 0.214 e. The van der Waals surface area contributed by atoms with Crippen LogP contribution in [0.5, 0.6) is 0 Å². The van der Waals surface area contributed by atoms with Crippen LogP contribution in [0.25, 0.3) is 0 Å². The molecule has 7 heteroatoms. The quantitative estimate of drug-likeness (QED) is 0.684. The van der Waals surface area contributed by atoms with E-state index in [4.69, 9.17) is 0 Å². The minimum atomic E-state index is -3.21. The summed E-state index contributed by atoms with van der Waals surface area (Å²) in [6.07, 6.45) is 2.60. The van der Waals surface area contributed by atoms with Crippen LogP contribution >= 0.6 is 0 Å². The van der Waals surface area contributed by atoms with Crippen LogP contribution in [0.2, 0.25) is 0 Å². The summed E-state index contributed by atoms with van der Waals surface area (Å²) < 4.78 is 46.6. The maximum Gasteiger partial charge on any atom is 0.214 e. The van der Waals surface area contributed by atoms with Crippen LogP contribution in [0.3, 0.4) is 0 Å². The minimum Gasteiger partial charge on any atom is -0.229 e. The molecular formula is C8H17NO4S2. The van der Waals surface area contributed by atoms with Crippen LogP contribution < -0.4 is 0 Å². The van der Waals surface area contributed by atoms with Crippen molar-refractivity contribution in [1.82, 2.24) is 4.31 Å². The fourth-order valence-corrected chi connectivity index (χ4v) is 4.17. The van der Waals surface area contributed by atoms with Crippen molar-refractivity contribution < 1.29 is 16.8 Å². The highest BCUT2D eigenvalue weighted by molar-refractivity contribution is 7.92. The Kier molecular flexibility index (Phi) is 3.78. The number of sulfone groups is 1. The summed E-state index contributed by atoms with van der Waals surface area (Å²) in [6, 6.07) is 0. The third-order valence-electron chi connectivity index (χ3n) is 2.57. The third-order valence-corrected chi connectivity index (χ3v) is 5.97. The van der Waals surface area contributed by atoms with Crippen molar-refractivity contribution in [3.63, 3.8) is 0 Å². The van der Waals surface area contributed by atoms with Gasteiger partial charge in [-0.25, -0.2) is 16.8 Å². The predicted octanol–water partition coefficient (Wildman–Crippen LogP) is -0.155. The van der Waals surface area contributed by atoms with E-state index in [0.29, 0.717) is 6.42 Å². The van der Waals surface area contributed by atoms with Crippen molar-refractivity contribution in [1.29, 1.82) is 0 Å². The number of nitrogens with zero attached hydrogens (tertiary/aromatic N) is 1. The van der Waals surface area contributed by atoms with Gasteiger partial charge in [0.25, 0.3) is 0 Å². The van der Waals surface area contributed by atoms with E-state index in [1.807, 2.05) is 6.92 Å². The van der Waals surface area contributed by atoms with Gasteiger partial charge in [-0.1, -0.05) is 13.3 Å². The summed E-state index contributed by atoms with van der Waals surface area (Å²) in [5.41, 5.74) is 0. The van der Waals surface area contributed by atoms with E-state index >= 15 is 0 Å². The number of hydrogen-bond acceptors (Lipinski definition) is 4. The summed E-state index contributed by atoms with van der Waals surface area (Å²) >= 11 is 0. The molecule has 0 spiro atoms. The lowest BCUT2D eigenvalue weighted by atomic mass is 10.3. The van der Waals surface area contributed by atoms with Gasteiger partial charge in [0.05, 0.1) is 11.0 Å². The summed E-state index contributed by atoms with van der Waals surface area (Å²) in [4.78, 5) is 0. The first-order valence-corrected chi connectivity index (χ1v) is 8.50. The highest BCUT2D eigenvalue weighted by Gasteiger charge is 2.40. The summed E-state index contributed by atoms with van der Waals surface area (Å²) in [5, 5.41) is -0.506. The normalized spacial score (nSPS) is 20.1. The number of rotatable bonds is 5. The SMILES string of the molecule is CCCCS(=O)(=O)N1CC(S(C)(=O)=O)C1. The summed E-state index contributed by atoms with van der Waals surface area (Å²) in [7, 11) is -6.30. The maximum absolute atomic E-state index is 11.6. The zero-order valence-electron chi connectivity index (χ0n) is 9.01. The van der Waals surface area contributed by atoms with E-state index in [-0.39, 0.29) is 18.8 Å². The maximum atomic E-state index is 11.6. The highest BCUT2D eigenvalue weighted by atomic mass is 32.2. The molecule has 0 aromatic heterocycles. The molecule has 0 bridgehead atoms. The molecule has 0 aromatic rings. The Bertz CT molecular complexity index is 406. The number of hydrogen-bond donors (Lipinski definition) is 0. The van der Waals surface area contributed by atoms with Gasteiger partial charge in [0.1, 0.15) is 0 Å². The van der Waals surface area contributed by atoms with Crippen molar-refractivity contribution in [3.05, 3.63) is 0 Å².